The Morgan fingerprint density at radius 3 is 2.61 bits per heavy atom. The first-order valence-electron chi connectivity index (χ1n) is 6.31. The second kappa shape index (κ2) is 5.08. The number of hydrogen-bond donors (Lipinski definition) is 2. The molecule has 3 N–H and O–H groups in total. The minimum absolute atomic E-state index is 0.0659. The predicted octanol–water partition coefficient (Wildman–Crippen LogP) is 1.43. The maximum Gasteiger partial charge on any atom is 0.231 e. The highest BCUT2D eigenvalue weighted by Crippen LogP contribution is 2.45. The summed E-state index contributed by atoms with van der Waals surface area (Å²) in [5.41, 5.74) is 7.40. The van der Waals surface area contributed by atoms with Crippen molar-refractivity contribution in [3.05, 3.63) is 29.8 Å². The molecule has 4 heteroatoms. The molecule has 1 aliphatic carbocycles. The maximum absolute atomic E-state index is 12.2. The van der Waals surface area contributed by atoms with Gasteiger partial charge in [-0.3, -0.25) is 4.79 Å². The van der Waals surface area contributed by atoms with Crippen LogP contribution < -0.4 is 11.1 Å². The van der Waals surface area contributed by atoms with E-state index in [0.29, 0.717) is 6.54 Å². The van der Waals surface area contributed by atoms with Crippen LogP contribution in [0.1, 0.15) is 18.4 Å². The molecule has 1 aliphatic rings. The molecular weight excluding hydrogens is 226 g/mol. The van der Waals surface area contributed by atoms with Gasteiger partial charge in [0, 0.05) is 18.8 Å². The van der Waals surface area contributed by atoms with Gasteiger partial charge in [-0.05, 0) is 38.6 Å². The summed E-state index contributed by atoms with van der Waals surface area (Å²) in [4.78, 5) is 14.2. The number of benzene rings is 1. The highest BCUT2D eigenvalue weighted by atomic mass is 16.2. The van der Waals surface area contributed by atoms with Crippen LogP contribution in [0.2, 0.25) is 0 Å². The second-order valence-corrected chi connectivity index (χ2v) is 5.33. The molecule has 1 saturated carbocycles. The Hall–Kier alpha value is -1.39. The zero-order valence-electron chi connectivity index (χ0n) is 11.1. The Balaban J connectivity index is 2.11. The van der Waals surface area contributed by atoms with Crippen LogP contribution in [0.25, 0.3) is 0 Å². The van der Waals surface area contributed by atoms with Crippen molar-refractivity contribution in [1.29, 1.82) is 0 Å². The molecule has 1 aromatic carbocycles. The minimum atomic E-state index is -0.300. The van der Waals surface area contributed by atoms with Crippen LogP contribution in [0, 0.1) is 5.41 Å². The van der Waals surface area contributed by atoms with E-state index in [9.17, 15) is 4.79 Å². The number of carbonyl (C=O) groups is 1. The molecule has 0 bridgehead atoms. The second-order valence-electron chi connectivity index (χ2n) is 5.33. The lowest BCUT2D eigenvalue weighted by atomic mass is 10.1. The van der Waals surface area contributed by atoms with Gasteiger partial charge in [-0.2, -0.15) is 0 Å². The molecule has 0 aromatic heterocycles. The van der Waals surface area contributed by atoms with E-state index in [1.807, 2.05) is 38.4 Å². The van der Waals surface area contributed by atoms with Crippen molar-refractivity contribution < 1.29 is 4.79 Å². The fourth-order valence-corrected chi connectivity index (χ4v) is 2.05. The molecule has 98 valence electrons. The van der Waals surface area contributed by atoms with E-state index >= 15 is 0 Å². The fourth-order valence-electron chi connectivity index (χ4n) is 2.05. The third kappa shape index (κ3) is 2.71. The Labute approximate surface area is 108 Å². The molecule has 0 saturated heterocycles. The van der Waals surface area contributed by atoms with Gasteiger partial charge in [0.1, 0.15) is 0 Å². The van der Waals surface area contributed by atoms with E-state index < -0.39 is 0 Å². The van der Waals surface area contributed by atoms with Gasteiger partial charge in [-0.15, -0.1) is 0 Å². The van der Waals surface area contributed by atoms with Crippen LogP contribution >= 0.6 is 0 Å². The van der Waals surface area contributed by atoms with Gasteiger partial charge >= 0.3 is 0 Å². The highest BCUT2D eigenvalue weighted by molar-refractivity contribution is 5.97. The molecule has 4 nitrogen and oxygen atoms in total. The molecule has 1 amide bonds. The lowest BCUT2D eigenvalue weighted by Gasteiger charge is -2.17. The Kier molecular flexibility index (Phi) is 3.68. The summed E-state index contributed by atoms with van der Waals surface area (Å²) in [7, 11) is 4.03. The molecule has 0 unspecified atom stereocenters. The van der Waals surface area contributed by atoms with Crippen molar-refractivity contribution in [3.8, 4) is 0 Å². The van der Waals surface area contributed by atoms with Crippen LogP contribution in [-0.2, 0) is 11.3 Å². The average molecular weight is 247 g/mol. The van der Waals surface area contributed by atoms with Crippen molar-refractivity contribution in [3.63, 3.8) is 0 Å². The average Bonchev–Trinajstić information content (AvgIpc) is 3.12. The summed E-state index contributed by atoms with van der Waals surface area (Å²) < 4.78 is 0. The standard InChI is InChI=1S/C14H21N3O/c1-17(2)9-11-5-3-4-6-12(11)16-13(18)14(10-15)7-8-14/h3-6H,7-10,15H2,1-2H3,(H,16,18). The number of carbonyl (C=O) groups excluding carboxylic acids is 1. The molecule has 0 radical (unpaired) electrons. The molecular formula is C14H21N3O. The van der Waals surface area contributed by atoms with Crippen LogP contribution in [0.4, 0.5) is 5.69 Å². The molecule has 0 aliphatic heterocycles. The van der Waals surface area contributed by atoms with Crippen LogP contribution in [0.3, 0.4) is 0 Å². The maximum atomic E-state index is 12.2. The molecule has 0 spiro atoms. The van der Waals surface area contributed by atoms with Gasteiger partial charge in [0.25, 0.3) is 0 Å². The number of nitrogens with one attached hydrogen (secondary N) is 1. The first-order chi connectivity index (χ1) is 8.57. The first-order valence-corrected chi connectivity index (χ1v) is 6.31. The quantitative estimate of drug-likeness (QED) is 0.827. The number of anilines is 1. The number of hydrogen-bond acceptors (Lipinski definition) is 3. The summed E-state index contributed by atoms with van der Waals surface area (Å²) in [6, 6.07) is 7.92. The number of nitrogens with two attached hydrogens (primary N) is 1. The van der Waals surface area contributed by atoms with E-state index in [1.165, 1.54) is 0 Å². The van der Waals surface area contributed by atoms with Crippen molar-refractivity contribution in [2.24, 2.45) is 11.1 Å². The Morgan fingerprint density at radius 2 is 2.06 bits per heavy atom. The van der Waals surface area contributed by atoms with Gasteiger partial charge in [0.2, 0.25) is 5.91 Å². The molecule has 2 rings (SSSR count). The third-order valence-corrected chi connectivity index (χ3v) is 3.48. The predicted molar refractivity (Wildman–Crippen MR) is 73.2 cm³/mol. The van der Waals surface area contributed by atoms with E-state index in [1.54, 1.807) is 0 Å². The van der Waals surface area contributed by atoms with Gasteiger partial charge in [0.05, 0.1) is 5.41 Å². The smallest absolute Gasteiger partial charge is 0.231 e. The van der Waals surface area contributed by atoms with Crippen molar-refractivity contribution in [2.75, 3.05) is 26.0 Å². The highest BCUT2D eigenvalue weighted by Gasteiger charge is 2.48. The zero-order chi connectivity index (χ0) is 13.2. The topological polar surface area (TPSA) is 58.4 Å². The monoisotopic (exact) mass is 247 g/mol. The molecule has 18 heavy (non-hydrogen) atoms. The summed E-state index contributed by atoms with van der Waals surface area (Å²) in [6.07, 6.45) is 1.82. The third-order valence-electron chi connectivity index (χ3n) is 3.48. The number of amides is 1. The van der Waals surface area contributed by atoms with Crippen LogP contribution in [-0.4, -0.2) is 31.4 Å². The summed E-state index contributed by atoms with van der Waals surface area (Å²) in [5, 5.41) is 3.02. The molecule has 1 fully saturated rings. The van der Waals surface area contributed by atoms with Crippen molar-refractivity contribution >= 4 is 11.6 Å². The van der Waals surface area contributed by atoms with E-state index in [4.69, 9.17) is 5.73 Å². The van der Waals surface area contributed by atoms with Gasteiger partial charge in [-0.1, -0.05) is 18.2 Å². The molecule has 0 atom stereocenters. The SMILES string of the molecule is CN(C)Cc1ccccc1NC(=O)C1(CN)CC1. The molecule has 1 aromatic rings. The largest absolute Gasteiger partial charge is 0.329 e. The lowest BCUT2D eigenvalue weighted by Crippen LogP contribution is -2.31. The summed E-state index contributed by atoms with van der Waals surface area (Å²) in [6.45, 7) is 1.25. The van der Waals surface area contributed by atoms with Crippen molar-refractivity contribution in [2.45, 2.75) is 19.4 Å². The zero-order valence-corrected chi connectivity index (χ0v) is 11.1. The normalized spacial score (nSPS) is 16.7. The Morgan fingerprint density at radius 1 is 1.39 bits per heavy atom. The van der Waals surface area contributed by atoms with E-state index in [0.717, 1.165) is 30.6 Å². The number of para-hydroxylation sites is 1. The number of nitrogens with zero attached hydrogens (tertiary/aromatic N) is 1. The van der Waals surface area contributed by atoms with E-state index in [-0.39, 0.29) is 11.3 Å². The molecule has 0 heterocycles. The van der Waals surface area contributed by atoms with Gasteiger partial charge < -0.3 is 16.0 Å². The number of rotatable bonds is 5. The van der Waals surface area contributed by atoms with Gasteiger partial charge in [-0.25, -0.2) is 0 Å². The van der Waals surface area contributed by atoms with E-state index in [2.05, 4.69) is 10.2 Å². The summed E-state index contributed by atoms with van der Waals surface area (Å²) >= 11 is 0. The Bertz CT molecular complexity index is 438. The van der Waals surface area contributed by atoms with Gasteiger partial charge in [0.15, 0.2) is 0 Å². The fraction of sp³-hybridized carbons (Fsp3) is 0.500. The van der Waals surface area contributed by atoms with Crippen LogP contribution in [0.15, 0.2) is 24.3 Å². The summed E-state index contributed by atoms with van der Waals surface area (Å²) in [5.74, 6) is 0.0659. The van der Waals surface area contributed by atoms with Crippen LogP contribution in [0.5, 0.6) is 0 Å². The minimum Gasteiger partial charge on any atom is -0.329 e. The first kappa shape index (κ1) is 13.1. The lowest BCUT2D eigenvalue weighted by molar-refractivity contribution is -0.120. The van der Waals surface area contributed by atoms with Crippen molar-refractivity contribution in [1.82, 2.24) is 4.90 Å².